The van der Waals surface area contributed by atoms with Gasteiger partial charge in [0.25, 0.3) is 5.56 Å². The highest BCUT2D eigenvalue weighted by molar-refractivity contribution is 7.99. The van der Waals surface area contributed by atoms with Gasteiger partial charge in [0.05, 0.1) is 16.7 Å². The third-order valence-corrected chi connectivity index (χ3v) is 6.56. The molecule has 158 valence electrons. The first kappa shape index (κ1) is 20.9. The van der Waals surface area contributed by atoms with Crippen LogP contribution in [0.4, 0.5) is 0 Å². The van der Waals surface area contributed by atoms with E-state index >= 15 is 0 Å². The number of hydrogen-bond donors (Lipinski definition) is 0. The van der Waals surface area contributed by atoms with Crippen LogP contribution in [0.1, 0.15) is 47.1 Å². The Kier molecular flexibility index (Phi) is 6.11. The first-order valence-electron chi connectivity index (χ1n) is 10.3. The van der Waals surface area contributed by atoms with Gasteiger partial charge in [0.15, 0.2) is 10.9 Å². The standard InChI is InChI=1S/C23H27N3O3S/c1-15-13-19(16(2)26(15)17-9-10-17)21(27)14-30-23-24-20-8-5-4-7-18(20)22(28)25(23)11-6-12-29-3/h4-5,7-8,13,17H,6,9-12,14H2,1-3H3. The highest BCUT2D eigenvalue weighted by atomic mass is 32.2. The number of benzene rings is 1. The Balaban J connectivity index is 1.60. The van der Waals surface area contributed by atoms with E-state index in [-0.39, 0.29) is 17.1 Å². The van der Waals surface area contributed by atoms with Crippen LogP contribution in [-0.4, -0.2) is 39.4 Å². The van der Waals surface area contributed by atoms with Crippen molar-refractivity contribution in [2.24, 2.45) is 0 Å². The second-order valence-corrected chi connectivity index (χ2v) is 8.76. The van der Waals surface area contributed by atoms with Gasteiger partial charge in [-0.05, 0) is 51.3 Å². The predicted molar refractivity (Wildman–Crippen MR) is 120 cm³/mol. The van der Waals surface area contributed by atoms with Crippen molar-refractivity contribution >= 4 is 28.4 Å². The number of thioether (sulfide) groups is 1. The number of methoxy groups -OCH3 is 1. The largest absolute Gasteiger partial charge is 0.385 e. The van der Waals surface area contributed by atoms with E-state index < -0.39 is 0 Å². The summed E-state index contributed by atoms with van der Waals surface area (Å²) in [6.07, 6.45) is 3.08. The number of aromatic nitrogens is 3. The van der Waals surface area contributed by atoms with Gasteiger partial charge >= 0.3 is 0 Å². The summed E-state index contributed by atoms with van der Waals surface area (Å²) in [7, 11) is 1.65. The molecule has 2 aromatic heterocycles. The molecular formula is C23H27N3O3S. The minimum atomic E-state index is -0.0708. The molecule has 4 rings (SSSR count). The lowest BCUT2D eigenvalue weighted by atomic mass is 10.2. The third-order valence-electron chi connectivity index (χ3n) is 5.59. The first-order valence-corrected chi connectivity index (χ1v) is 11.3. The number of rotatable bonds is 9. The fourth-order valence-corrected chi connectivity index (χ4v) is 4.89. The highest BCUT2D eigenvalue weighted by Gasteiger charge is 2.28. The molecule has 6 nitrogen and oxygen atoms in total. The number of hydrogen-bond acceptors (Lipinski definition) is 5. The Hall–Kier alpha value is -2.38. The van der Waals surface area contributed by atoms with E-state index in [1.54, 1.807) is 17.7 Å². The minimum Gasteiger partial charge on any atom is -0.385 e. The van der Waals surface area contributed by atoms with Gasteiger partial charge in [0, 0.05) is 43.3 Å². The van der Waals surface area contributed by atoms with E-state index in [4.69, 9.17) is 9.72 Å². The van der Waals surface area contributed by atoms with Crippen molar-refractivity contribution in [1.82, 2.24) is 14.1 Å². The number of Topliss-reactive ketones (excluding diaryl/α,β-unsaturated/α-hetero) is 1. The molecule has 2 heterocycles. The number of carbonyl (C=O) groups is 1. The summed E-state index contributed by atoms with van der Waals surface area (Å²) in [5.41, 5.74) is 3.56. The van der Waals surface area contributed by atoms with Crippen LogP contribution in [0.25, 0.3) is 10.9 Å². The summed E-state index contributed by atoms with van der Waals surface area (Å²) in [5, 5.41) is 1.18. The minimum absolute atomic E-state index is 0.0708. The Labute approximate surface area is 180 Å². The zero-order valence-electron chi connectivity index (χ0n) is 17.7. The van der Waals surface area contributed by atoms with Crippen molar-refractivity contribution < 1.29 is 9.53 Å². The molecule has 1 saturated carbocycles. The Morgan fingerprint density at radius 1 is 1.27 bits per heavy atom. The van der Waals surface area contributed by atoms with Crippen molar-refractivity contribution in [1.29, 1.82) is 0 Å². The van der Waals surface area contributed by atoms with Crippen LogP contribution in [0.3, 0.4) is 0 Å². The summed E-state index contributed by atoms with van der Waals surface area (Å²) in [6.45, 7) is 5.17. The molecule has 0 N–H and O–H groups in total. The van der Waals surface area contributed by atoms with E-state index in [9.17, 15) is 9.59 Å². The zero-order chi connectivity index (χ0) is 21.3. The van der Waals surface area contributed by atoms with E-state index in [1.165, 1.54) is 24.6 Å². The maximum Gasteiger partial charge on any atom is 0.262 e. The fourth-order valence-electron chi connectivity index (χ4n) is 3.98. The van der Waals surface area contributed by atoms with E-state index in [1.807, 2.05) is 31.2 Å². The molecule has 0 aliphatic heterocycles. The Morgan fingerprint density at radius 2 is 2.03 bits per heavy atom. The summed E-state index contributed by atoms with van der Waals surface area (Å²) < 4.78 is 9.10. The Morgan fingerprint density at radius 3 is 2.77 bits per heavy atom. The van der Waals surface area contributed by atoms with Gasteiger partial charge in [-0.1, -0.05) is 23.9 Å². The van der Waals surface area contributed by atoms with Crippen LogP contribution in [0.2, 0.25) is 0 Å². The third kappa shape index (κ3) is 4.09. The summed E-state index contributed by atoms with van der Waals surface area (Å²) in [6, 6.07) is 9.89. The van der Waals surface area contributed by atoms with Crippen LogP contribution >= 0.6 is 11.8 Å². The van der Waals surface area contributed by atoms with Gasteiger partial charge in [-0.2, -0.15) is 0 Å². The van der Waals surface area contributed by atoms with Crippen molar-refractivity contribution in [3.05, 3.63) is 57.6 Å². The molecule has 7 heteroatoms. The molecule has 3 aromatic rings. The molecule has 0 bridgehead atoms. The molecule has 1 aromatic carbocycles. The van der Waals surface area contributed by atoms with Gasteiger partial charge < -0.3 is 9.30 Å². The molecule has 0 unspecified atom stereocenters. The molecule has 1 aliphatic carbocycles. The SMILES string of the molecule is COCCCn1c(SCC(=O)c2cc(C)n(C3CC3)c2C)nc2ccccc2c1=O. The van der Waals surface area contributed by atoms with E-state index in [2.05, 4.69) is 11.5 Å². The van der Waals surface area contributed by atoms with Gasteiger partial charge in [-0.25, -0.2) is 4.98 Å². The van der Waals surface area contributed by atoms with Crippen LogP contribution in [0, 0.1) is 13.8 Å². The average Bonchev–Trinajstić information content (AvgIpc) is 3.52. The summed E-state index contributed by atoms with van der Waals surface area (Å²) in [4.78, 5) is 30.7. The number of carbonyl (C=O) groups excluding carboxylic acids is 1. The van der Waals surface area contributed by atoms with E-state index in [0.29, 0.717) is 41.7 Å². The second-order valence-electron chi connectivity index (χ2n) is 7.81. The molecular weight excluding hydrogens is 398 g/mol. The maximum atomic E-state index is 13.0. The van der Waals surface area contributed by atoms with Crippen LogP contribution in [0.5, 0.6) is 0 Å². The van der Waals surface area contributed by atoms with Gasteiger partial charge in [0.2, 0.25) is 0 Å². The maximum absolute atomic E-state index is 13.0. The first-order chi connectivity index (χ1) is 14.5. The molecule has 0 amide bonds. The molecule has 1 fully saturated rings. The lowest BCUT2D eigenvalue weighted by Crippen LogP contribution is -2.24. The molecule has 1 aliphatic rings. The summed E-state index contributed by atoms with van der Waals surface area (Å²) in [5.74, 6) is 0.329. The molecule has 0 saturated heterocycles. The van der Waals surface area contributed by atoms with Crippen LogP contribution in [-0.2, 0) is 11.3 Å². The molecule has 0 atom stereocenters. The van der Waals surface area contributed by atoms with Crippen molar-refractivity contribution in [2.45, 2.75) is 50.9 Å². The topological polar surface area (TPSA) is 66.1 Å². The number of ketones is 1. The lowest BCUT2D eigenvalue weighted by Gasteiger charge is -2.13. The number of fused-ring (bicyclic) bond motifs is 1. The molecule has 0 radical (unpaired) electrons. The zero-order valence-corrected chi connectivity index (χ0v) is 18.5. The molecule has 30 heavy (non-hydrogen) atoms. The predicted octanol–water partition coefficient (Wildman–Crippen LogP) is 4.16. The molecule has 0 spiro atoms. The fraction of sp³-hybridized carbons (Fsp3) is 0.435. The van der Waals surface area contributed by atoms with E-state index in [0.717, 1.165) is 17.0 Å². The quantitative estimate of drug-likeness (QED) is 0.223. The smallest absolute Gasteiger partial charge is 0.262 e. The second kappa shape index (κ2) is 8.78. The van der Waals surface area contributed by atoms with Crippen molar-refractivity contribution in [2.75, 3.05) is 19.5 Å². The van der Waals surface area contributed by atoms with Crippen molar-refractivity contribution in [3.8, 4) is 0 Å². The normalized spacial score (nSPS) is 13.8. The number of aryl methyl sites for hydroxylation is 1. The van der Waals surface area contributed by atoms with Gasteiger partial charge in [-0.15, -0.1) is 0 Å². The summed E-state index contributed by atoms with van der Waals surface area (Å²) >= 11 is 1.34. The number of nitrogens with zero attached hydrogens (tertiary/aromatic N) is 3. The van der Waals surface area contributed by atoms with Crippen molar-refractivity contribution in [3.63, 3.8) is 0 Å². The van der Waals surface area contributed by atoms with Gasteiger partial charge in [-0.3, -0.25) is 14.2 Å². The van der Waals surface area contributed by atoms with Gasteiger partial charge in [0.1, 0.15) is 0 Å². The lowest BCUT2D eigenvalue weighted by molar-refractivity contribution is 0.102. The number of para-hydroxylation sites is 1. The monoisotopic (exact) mass is 425 g/mol. The Bertz CT molecular complexity index is 1140. The highest BCUT2D eigenvalue weighted by Crippen LogP contribution is 2.38. The average molecular weight is 426 g/mol. The number of ether oxygens (including phenoxy) is 1. The van der Waals surface area contributed by atoms with Crippen LogP contribution in [0.15, 0.2) is 40.3 Å². The van der Waals surface area contributed by atoms with Crippen LogP contribution < -0.4 is 5.56 Å².